The molecule has 11 heavy (non-hydrogen) atoms. The van der Waals surface area contributed by atoms with Crippen LogP contribution in [0.15, 0.2) is 0 Å². The number of rotatable bonds is 3. The molecule has 0 aromatic heterocycles. The molecule has 0 aliphatic carbocycles. The molecule has 0 aromatic carbocycles. The van der Waals surface area contributed by atoms with Crippen molar-refractivity contribution in [1.29, 1.82) is 0 Å². The van der Waals surface area contributed by atoms with Crippen LogP contribution < -0.4 is 0 Å². The van der Waals surface area contributed by atoms with Crippen LogP contribution in [0.25, 0.3) is 0 Å². The van der Waals surface area contributed by atoms with Crippen LogP contribution >= 0.6 is 7.82 Å². The number of carboxylic acids is 1. The average Bonchev–Trinajstić information content (AvgIpc) is 1.56. The van der Waals surface area contributed by atoms with E-state index in [0.29, 0.717) is 6.92 Å². The van der Waals surface area contributed by atoms with Crippen molar-refractivity contribution in [2.45, 2.75) is 12.7 Å². The highest BCUT2D eigenvalue weighted by molar-refractivity contribution is 7.46. The Balaban J connectivity index is 4.37. The molecule has 0 radical (unpaired) electrons. The molecule has 0 bridgehead atoms. The van der Waals surface area contributed by atoms with Crippen LogP contribution in [0.2, 0.25) is 0 Å². The third-order valence-electron chi connectivity index (χ3n) is 0.693. The van der Waals surface area contributed by atoms with E-state index in [1.807, 2.05) is 0 Å². The first-order valence-electron chi connectivity index (χ1n) is 2.37. The van der Waals surface area contributed by atoms with Crippen LogP contribution in [0.5, 0.6) is 0 Å². The highest BCUT2D eigenvalue weighted by atomic mass is 31.2. The Morgan fingerprint density at radius 2 is 1.91 bits per heavy atom. The van der Waals surface area contributed by atoms with E-state index >= 15 is 0 Å². The Labute approximate surface area is 61.5 Å². The summed E-state index contributed by atoms with van der Waals surface area (Å²) in [7, 11) is -4.97. The molecule has 0 saturated carbocycles. The van der Waals surface area contributed by atoms with Gasteiger partial charge in [-0.2, -0.15) is 0 Å². The van der Waals surface area contributed by atoms with E-state index in [9.17, 15) is 9.36 Å². The Kier molecular flexibility index (Phi) is 2.76. The van der Waals surface area contributed by atoms with Crippen LogP contribution in [-0.2, 0) is 13.9 Å². The van der Waals surface area contributed by atoms with E-state index in [2.05, 4.69) is 4.52 Å². The summed E-state index contributed by atoms with van der Waals surface area (Å²) in [5.74, 6) is -4.74. The Hall–Kier alpha value is -0.460. The lowest BCUT2D eigenvalue weighted by atomic mass is 10.3. The third kappa shape index (κ3) is 4.07. The summed E-state index contributed by atoms with van der Waals surface area (Å²) in [6.45, 7) is 0.606. The lowest BCUT2D eigenvalue weighted by molar-refractivity contribution is -0.192. The summed E-state index contributed by atoms with van der Waals surface area (Å²) in [5.41, 5.74) is 0. The fraction of sp³-hybridized carbons (Fsp3) is 0.667. The standard InChI is InChI=1S/C3H7O7P/c1-3(6,2(4)5)10-11(7,8)9/h6H,1H3,(H,4,5)(H2,7,8,9). The van der Waals surface area contributed by atoms with Crippen LogP contribution in [0, 0.1) is 0 Å². The summed E-state index contributed by atoms with van der Waals surface area (Å²) in [6.07, 6.45) is 0. The molecule has 66 valence electrons. The highest BCUT2D eigenvalue weighted by Gasteiger charge is 2.38. The van der Waals surface area contributed by atoms with E-state index in [0.717, 1.165) is 0 Å². The largest absolute Gasteiger partial charge is 0.477 e. The summed E-state index contributed by atoms with van der Waals surface area (Å²) in [4.78, 5) is 26.1. The van der Waals surface area contributed by atoms with Crippen molar-refractivity contribution in [2.24, 2.45) is 0 Å². The zero-order chi connectivity index (χ0) is 9.28. The third-order valence-corrected chi connectivity index (χ3v) is 1.29. The molecule has 0 aliphatic rings. The predicted octanol–water partition coefficient (Wildman–Crippen LogP) is -1.11. The van der Waals surface area contributed by atoms with Gasteiger partial charge in [0.1, 0.15) is 0 Å². The van der Waals surface area contributed by atoms with E-state index < -0.39 is 19.6 Å². The van der Waals surface area contributed by atoms with E-state index in [-0.39, 0.29) is 0 Å². The summed E-state index contributed by atoms with van der Waals surface area (Å²) < 4.78 is 13.5. The molecule has 0 aromatic rings. The molecule has 0 amide bonds. The fourth-order valence-corrected chi connectivity index (χ4v) is 0.812. The van der Waals surface area contributed by atoms with Gasteiger partial charge in [0.15, 0.2) is 0 Å². The molecule has 1 atom stereocenters. The van der Waals surface area contributed by atoms with Gasteiger partial charge in [0.2, 0.25) is 0 Å². The molecule has 1 unspecified atom stereocenters. The van der Waals surface area contributed by atoms with Crippen molar-refractivity contribution >= 4 is 13.8 Å². The number of hydrogen-bond donors (Lipinski definition) is 4. The highest BCUT2D eigenvalue weighted by Crippen LogP contribution is 2.40. The monoisotopic (exact) mass is 186 g/mol. The number of carboxylic acid groups (broad SMARTS) is 1. The number of carbonyl (C=O) groups is 1. The van der Waals surface area contributed by atoms with Gasteiger partial charge < -0.3 is 20.0 Å². The minimum atomic E-state index is -4.97. The van der Waals surface area contributed by atoms with Crippen LogP contribution in [0.3, 0.4) is 0 Å². The van der Waals surface area contributed by atoms with Gasteiger partial charge in [-0.15, -0.1) is 0 Å². The molecule has 0 rings (SSSR count). The van der Waals surface area contributed by atoms with Gasteiger partial charge in [-0.3, -0.25) is 0 Å². The molecule has 0 spiro atoms. The number of phosphoric acid groups is 1. The van der Waals surface area contributed by atoms with Crippen molar-refractivity contribution < 1.29 is 33.9 Å². The second kappa shape index (κ2) is 2.88. The molecular weight excluding hydrogens is 179 g/mol. The van der Waals surface area contributed by atoms with Gasteiger partial charge in [0.25, 0.3) is 5.79 Å². The van der Waals surface area contributed by atoms with Crippen molar-refractivity contribution in [3.05, 3.63) is 0 Å². The maximum absolute atomic E-state index is 10.0. The summed E-state index contributed by atoms with van der Waals surface area (Å²) in [5, 5.41) is 16.7. The van der Waals surface area contributed by atoms with Crippen molar-refractivity contribution in [1.82, 2.24) is 0 Å². The second-order valence-corrected chi connectivity index (χ2v) is 3.03. The van der Waals surface area contributed by atoms with E-state index in [1.165, 1.54) is 0 Å². The first-order chi connectivity index (χ1) is 4.65. The summed E-state index contributed by atoms with van der Waals surface area (Å²) >= 11 is 0. The number of aliphatic carboxylic acids is 1. The fourth-order valence-electron chi connectivity index (χ4n) is 0.271. The van der Waals surface area contributed by atoms with E-state index in [1.54, 1.807) is 0 Å². The normalized spacial score (nSPS) is 17.5. The minimum absolute atomic E-state index is 0.606. The van der Waals surface area contributed by atoms with Gasteiger partial charge >= 0.3 is 13.8 Å². The molecule has 0 fully saturated rings. The predicted molar refractivity (Wildman–Crippen MR) is 31.4 cm³/mol. The Morgan fingerprint density at radius 1 is 1.55 bits per heavy atom. The van der Waals surface area contributed by atoms with Crippen molar-refractivity contribution in [3.8, 4) is 0 Å². The first kappa shape index (κ1) is 10.5. The lowest BCUT2D eigenvalue weighted by Gasteiger charge is -2.17. The smallest absolute Gasteiger partial charge is 0.472 e. The zero-order valence-electron chi connectivity index (χ0n) is 5.46. The molecule has 0 heterocycles. The number of phosphoric ester groups is 1. The first-order valence-corrected chi connectivity index (χ1v) is 3.90. The molecule has 0 saturated heterocycles. The Bertz CT molecular complexity index is 202. The number of aliphatic hydroxyl groups is 1. The average molecular weight is 186 g/mol. The maximum Gasteiger partial charge on any atom is 0.472 e. The summed E-state index contributed by atoms with van der Waals surface area (Å²) in [6, 6.07) is 0. The molecular formula is C3H7O7P. The van der Waals surface area contributed by atoms with Gasteiger partial charge in [-0.1, -0.05) is 0 Å². The molecule has 4 N–H and O–H groups in total. The van der Waals surface area contributed by atoms with Gasteiger partial charge in [-0.05, 0) is 0 Å². The van der Waals surface area contributed by atoms with Crippen molar-refractivity contribution in [3.63, 3.8) is 0 Å². The maximum atomic E-state index is 10.0. The lowest BCUT2D eigenvalue weighted by Crippen LogP contribution is -2.36. The second-order valence-electron chi connectivity index (χ2n) is 1.87. The quantitative estimate of drug-likeness (QED) is 0.325. The van der Waals surface area contributed by atoms with Crippen LogP contribution in [0.4, 0.5) is 0 Å². The zero-order valence-corrected chi connectivity index (χ0v) is 6.36. The number of hydrogen-bond acceptors (Lipinski definition) is 4. The molecule has 0 aliphatic heterocycles. The minimum Gasteiger partial charge on any atom is -0.477 e. The van der Waals surface area contributed by atoms with Gasteiger partial charge in [0, 0.05) is 6.92 Å². The van der Waals surface area contributed by atoms with Crippen LogP contribution in [-0.4, -0.2) is 31.8 Å². The topological polar surface area (TPSA) is 124 Å². The van der Waals surface area contributed by atoms with E-state index in [4.69, 9.17) is 20.0 Å². The molecule has 8 heteroatoms. The van der Waals surface area contributed by atoms with Gasteiger partial charge in [0.05, 0.1) is 0 Å². The van der Waals surface area contributed by atoms with Crippen LogP contribution in [0.1, 0.15) is 6.92 Å². The van der Waals surface area contributed by atoms with Gasteiger partial charge in [-0.25, -0.2) is 13.9 Å². The SMILES string of the molecule is CC(O)(OP(=O)(O)O)C(=O)O. The Morgan fingerprint density at radius 3 is 2.00 bits per heavy atom. The molecule has 7 nitrogen and oxygen atoms in total. The van der Waals surface area contributed by atoms with Crippen molar-refractivity contribution in [2.75, 3.05) is 0 Å².